The lowest BCUT2D eigenvalue weighted by Gasteiger charge is -2.18. The zero-order valence-corrected chi connectivity index (χ0v) is 41.6. The molecule has 0 heterocycles. The third kappa shape index (κ3) is 50.0. The van der Waals surface area contributed by atoms with Crippen molar-refractivity contribution in [2.24, 2.45) is 0 Å². The standard InChI is InChI=1S/C57H100O6/c1-4-7-10-13-16-19-22-25-27-28-30-32-35-38-41-44-47-50-56(59)62-53-54(52-61-55(58)49-46-43-40-37-34-31-24-21-18-15-12-9-6-3)63-57(60)51-48-45-42-39-36-33-29-26-23-20-17-14-11-8-5-2/h8,11,17,20,25-27,29,36,39,54H,4-7,9-10,12-16,18-19,21-24,28,30-35,37-38,40-53H2,1-3H3/b11-8-,20-17-,27-25-,29-26-,39-36-. The third-order valence-electron chi connectivity index (χ3n) is 11.5. The van der Waals surface area contributed by atoms with Crippen LogP contribution in [0.4, 0.5) is 0 Å². The van der Waals surface area contributed by atoms with Crippen LogP contribution >= 0.6 is 0 Å². The average Bonchev–Trinajstić information content (AvgIpc) is 3.28. The quantitative estimate of drug-likeness (QED) is 0.0262. The summed E-state index contributed by atoms with van der Waals surface area (Å²) in [6.45, 7) is 6.50. The first-order valence-electron chi connectivity index (χ1n) is 26.8. The van der Waals surface area contributed by atoms with Crippen LogP contribution in [0.25, 0.3) is 0 Å². The molecule has 0 aliphatic carbocycles. The Morgan fingerprint density at radius 3 is 1.02 bits per heavy atom. The van der Waals surface area contributed by atoms with Crippen molar-refractivity contribution in [1.82, 2.24) is 0 Å². The summed E-state index contributed by atoms with van der Waals surface area (Å²) in [4.78, 5) is 38.0. The summed E-state index contributed by atoms with van der Waals surface area (Å²) in [5, 5.41) is 0. The van der Waals surface area contributed by atoms with Crippen LogP contribution in [0.5, 0.6) is 0 Å². The molecule has 0 bridgehead atoms. The molecule has 0 aliphatic heterocycles. The van der Waals surface area contributed by atoms with Crippen LogP contribution in [0.15, 0.2) is 60.8 Å². The van der Waals surface area contributed by atoms with Gasteiger partial charge in [0.25, 0.3) is 0 Å². The van der Waals surface area contributed by atoms with Gasteiger partial charge >= 0.3 is 17.9 Å². The molecule has 0 spiro atoms. The lowest BCUT2D eigenvalue weighted by molar-refractivity contribution is -0.167. The molecule has 0 aliphatic rings. The first kappa shape index (κ1) is 60.1. The van der Waals surface area contributed by atoms with Crippen LogP contribution in [0.3, 0.4) is 0 Å². The molecule has 0 aromatic rings. The highest BCUT2D eigenvalue weighted by atomic mass is 16.6. The highest BCUT2D eigenvalue weighted by Gasteiger charge is 2.19. The van der Waals surface area contributed by atoms with E-state index in [0.29, 0.717) is 19.3 Å². The maximum atomic E-state index is 12.8. The molecule has 0 saturated carbocycles. The van der Waals surface area contributed by atoms with Crippen LogP contribution in [0, 0.1) is 0 Å². The predicted octanol–water partition coefficient (Wildman–Crippen LogP) is 17.6. The molecule has 6 heteroatoms. The van der Waals surface area contributed by atoms with Crippen molar-refractivity contribution in [3.63, 3.8) is 0 Å². The topological polar surface area (TPSA) is 78.9 Å². The van der Waals surface area contributed by atoms with Gasteiger partial charge in [-0.05, 0) is 83.5 Å². The van der Waals surface area contributed by atoms with Crippen LogP contribution < -0.4 is 0 Å². The van der Waals surface area contributed by atoms with Crippen molar-refractivity contribution < 1.29 is 28.6 Å². The Morgan fingerprint density at radius 2 is 0.619 bits per heavy atom. The van der Waals surface area contributed by atoms with E-state index in [9.17, 15) is 14.4 Å². The summed E-state index contributed by atoms with van der Waals surface area (Å²) >= 11 is 0. The lowest BCUT2D eigenvalue weighted by Crippen LogP contribution is -2.30. The van der Waals surface area contributed by atoms with E-state index in [1.165, 1.54) is 141 Å². The van der Waals surface area contributed by atoms with Gasteiger partial charge in [-0.15, -0.1) is 0 Å². The Kier molecular flexibility index (Phi) is 49.4. The van der Waals surface area contributed by atoms with Gasteiger partial charge in [0, 0.05) is 19.3 Å². The largest absolute Gasteiger partial charge is 0.462 e. The van der Waals surface area contributed by atoms with E-state index in [1.807, 2.05) is 0 Å². The highest BCUT2D eigenvalue weighted by Crippen LogP contribution is 2.15. The van der Waals surface area contributed by atoms with Crippen LogP contribution in [0.1, 0.15) is 265 Å². The van der Waals surface area contributed by atoms with Gasteiger partial charge in [0.2, 0.25) is 0 Å². The van der Waals surface area contributed by atoms with E-state index in [-0.39, 0.29) is 37.5 Å². The van der Waals surface area contributed by atoms with E-state index < -0.39 is 6.10 Å². The first-order valence-corrected chi connectivity index (χ1v) is 26.8. The molecular formula is C57H100O6. The van der Waals surface area contributed by atoms with Gasteiger partial charge in [-0.25, -0.2) is 0 Å². The minimum absolute atomic E-state index is 0.0901. The third-order valence-corrected chi connectivity index (χ3v) is 11.5. The Balaban J connectivity index is 4.42. The molecule has 0 aromatic carbocycles. The van der Waals surface area contributed by atoms with Crippen molar-refractivity contribution in [2.45, 2.75) is 271 Å². The molecule has 0 saturated heterocycles. The predicted molar refractivity (Wildman–Crippen MR) is 270 cm³/mol. The molecule has 0 amide bonds. The van der Waals surface area contributed by atoms with E-state index in [4.69, 9.17) is 14.2 Å². The molecule has 1 unspecified atom stereocenters. The Morgan fingerprint density at radius 1 is 0.333 bits per heavy atom. The molecule has 0 N–H and O–H groups in total. The smallest absolute Gasteiger partial charge is 0.306 e. The number of unbranched alkanes of at least 4 members (excludes halogenated alkanes) is 27. The number of rotatable bonds is 48. The van der Waals surface area contributed by atoms with Gasteiger partial charge in [0.05, 0.1) is 0 Å². The Labute approximate surface area is 390 Å². The fraction of sp³-hybridized carbons (Fsp3) is 0.772. The minimum Gasteiger partial charge on any atom is -0.462 e. The number of esters is 3. The average molecular weight is 881 g/mol. The van der Waals surface area contributed by atoms with Gasteiger partial charge in [-0.2, -0.15) is 0 Å². The van der Waals surface area contributed by atoms with E-state index >= 15 is 0 Å². The molecule has 0 radical (unpaired) electrons. The van der Waals surface area contributed by atoms with Crippen LogP contribution in [0.2, 0.25) is 0 Å². The lowest BCUT2D eigenvalue weighted by atomic mass is 10.0. The highest BCUT2D eigenvalue weighted by molar-refractivity contribution is 5.71. The first-order chi connectivity index (χ1) is 31.0. The molecular weight excluding hydrogens is 781 g/mol. The van der Waals surface area contributed by atoms with Gasteiger partial charge in [0.1, 0.15) is 13.2 Å². The second-order valence-corrected chi connectivity index (χ2v) is 17.8. The van der Waals surface area contributed by atoms with Crippen LogP contribution in [-0.2, 0) is 28.6 Å². The number of hydrogen-bond donors (Lipinski definition) is 0. The van der Waals surface area contributed by atoms with E-state index in [2.05, 4.69) is 81.5 Å². The van der Waals surface area contributed by atoms with Crippen molar-refractivity contribution in [1.29, 1.82) is 0 Å². The second-order valence-electron chi connectivity index (χ2n) is 17.8. The number of allylic oxidation sites excluding steroid dienone is 10. The fourth-order valence-corrected chi connectivity index (χ4v) is 7.49. The molecule has 364 valence electrons. The molecule has 0 rings (SSSR count). The zero-order chi connectivity index (χ0) is 45.8. The monoisotopic (exact) mass is 881 g/mol. The van der Waals surface area contributed by atoms with Crippen molar-refractivity contribution in [3.8, 4) is 0 Å². The summed E-state index contributed by atoms with van der Waals surface area (Å²) in [5.74, 6) is -0.929. The molecule has 63 heavy (non-hydrogen) atoms. The van der Waals surface area contributed by atoms with E-state index in [0.717, 1.165) is 77.0 Å². The maximum absolute atomic E-state index is 12.8. The zero-order valence-electron chi connectivity index (χ0n) is 41.6. The molecule has 0 fully saturated rings. The number of hydrogen-bond acceptors (Lipinski definition) is 6. The summed E-state index contributed by atoms with van der Waals surface area (Å²) < 4.78 is 16.8. The molecule has 6 nitrogen and oxygen atoms in total. The van der Waals surface area contributed by atoms with Crippen LogP contribution in [-0.4, -0.2) is 37.2 Å². The van der Waals surface area contributed by atoms with Crippen molar-refractivity contribution in [2.75, 3.05) is 13.2 Å². The fourth-order valence-electron chi connectivity index (χ4n) is 7.49. The van der Waals surface area contributed by atoms with Gasteiger partial charge in [-0.3, -0.25) is 14.4 Å². The van der Waals surface area contributed by atoms with Gasteiger partial charge in [0.15, 0.2) is 6.10 Å². The number of carbonyl (C=O) groups excluding carboxylic acids is 3. The van der Waals surface area contributed by atoms with Gasteiger partial charge in [-0.1, -0.05) is 223 Å². The maximum Gasteiger partial charge on any atom is 0.306 e. The van der Waals surface area contributed by atoms with Crippen molar-refractivity contribution in [3.05, 3.63) is 60.8 Å². The van der Waals surface area contributed by atoms with Crippen molar-refractivity contribution >= 4 is 17.9 Å². The van der Waals surface area contributed by atoms with Gasteiger partial charge < -0.3 is 14.2 Å². The Hall–Kier alpha value is -2.89. The minimum atomic E-state index is -0.795. The summed E-state index contributed by atoms with van der Waals surface area (Å²) in [6.07, 6.45) is 63.5. The summed E-state index contributed by atoms with van der Waals surface area (Å²) in [5.41, 5.74) is 0. The number of ether oxygens (including phenoxy) is 3. The second kappa shape index (κ2) is 51.7. The summed E-state index contributed by atoms with van der Waals surface area (Å²) in [6, 6.07) is 0. The SMILES string of the molecule is CC/C=C\C/C=C\C/C=C\C/C=C\CCCCC(=O)OC(COC(=O)CCCCCCCCC/C=C\CCCCCCCC)COC(=O)CCCCCCCCCCCCCCC. The number of carbonyl (C=O) groups is 3. The molecule has 1 atom stereocenters. The summed E-state index contributed by atoms with van der Waals surface area (Å²) in [7, 11) is 0. The van der Waals surface area contributed by atoms with E-state index in [1.54, 1.807) is 0 Å². The Bertz CT molecular complexity index is 1150. The normalized spacial score (nSPS) is 12.5. The molecule has 0 aromatic heterocycles.